The molecule has 0 aromatic carbocycles. The number of hydrogen-bond donors (Lipinski definition) is 3. The molecule has 1 saturated heterocycles. The van der Waals surface area contributed by atoms with Crippen molar-refractivity contribution in [3.8, 4) is 0 Å². The SMILES string of the molecule is CCCCOC(=O)N[C@H](C(=S)N1CCC[C@H]1C(=O)NCC1CCC(N)CC1)C(C)(C)CC(C)C. The number of amides is 2. The van der Waals surface area contributed by atoms with Crippen LogP contribution in [0.25, 0.3) is 0 Å². The van der Waals surface area contributed by atoms with Crippen LogP contribution < -0.4 is 16.4 Å². The molecule has 196 valence electrons. The van der Waals surface area contributed by atoms with Crippen molar-refractivity contribution in [3.05, 3.63) is 0 Å². The molecule has 2 aliphatic rings. The van der Waals surface area contributed by atoms with Gasteiger partial charge in [0.1, 0.15) is 11.0 Å². The summed E-state index contributed by atoms with van der Waals surface area (Å²) in [6, 6.07) is -0.359. The molecule has 2 fully saturated rings. The lowest BCUT2D eigenvalue weighted by Crippen LogP contribution is -2.58. The van der Waals surface area contributed by atoms with Crippen LogP contribution in [0.5, 0.6) is 0 Å². The molecule has 1 heterocycles. The van der Waals surface area contributed by atoms with Gasteiger partial charge in [-0.25, -0.2) is 4.79 Å². The van der Waals surface area contributed by atoms with Crippen LogP contribution in [0.2, 0.25) is 0 Å². The number of hydrogen-bond acceptors (Lipinski definition) is 5. The molecule has 0 spiro atoms. The van der Waals surface area contributed by atoms with Gasteiger partial charge in [-0.05, 0) is 68.6 Å². The molecular weight excluding hydrogens is 448 g/mol. The summed E-state index contributed by atoms with van der Waals surface area (Å²) in [5, 5.41) is 6.24. The predicted molar refractivity (Wildman–Crippen MR) is 142 cm³/mol. The molecular formula is C26H48N4O3S. The average molecular weight is 497 g/mol. The minimum atomic E-state index is -0.437. The van der Waals surface area contributed by atoms with E-state index in [1.54, 1.807) is 0 Å². The molecule has 0 aromatic rings. The van der Waals surface area contributed by atoms with E-state index in [1.807, 2.05) is 4.90 Å². The van der Waals surface area contributed by atoms with E-state index in [0.29, 0.717) is 36.0 Å². The Morgan fingerprint density at radius 2 is 1.85 bits per heavy atom. The molecule has 0 unspecified atom stereocenters. The van der Waals surface area contributed by atoms with E-state index in [0.717, 1.165) is 64.3 Å². The molecule has 0 radical (unpaired) electrons. The first-order valence-electron chi connectivity index (χ1n) is 13.3. The third-order valence-electron chi connectivity index (χ3n) is 7.25. The Morgan fingerprint density at radius 1 is 1.18 bits per heavy atom. The fourth-order valence-corrected chi connectivity index (χ4v) is 6.05. The van der Waals surface area contributed by atoms with Crippen LogP contribution >= 0.6 is 12.2 Å². The lowest BCUT2D eigenvalue weighted by atomic mass is 9.77. The zero-order valence-corrected chi connectivity index (χ0v) is 22.8. The van der Waals surface area contributed by atoms with Gasteiger partial charge in [-0.1, -0.05) is 53.3 Å². The minimum Gasteiger partial charge on any atom is -0.450 e. The Labute approximate surface area is 212 Å². The molecule has 34 heavy (non-hydrogen) atoms. The van der Waals surface area contributed by atoms with Gasteiger partial charge in [0.2, 0.25) is 5.91 Å². The van der Waals surface area contributed by atoms with E-state index < -0.39 is 6.09 Å². The summed E-state index contributed by atoms with van der Waals surface area (Å²) < 4.78 is 5.40. The lowest BCUT2D eigenvalue weighted by Gasteiger charge is -2.40. The second-order valence-corrected chi connectivity index (χ2v) is 11.8. The van der Waals surface area contributed by atoms with Gasteiger partial charge < -0.3 is 26.0 Å². The highest BCUT2D eigenvalue weighted by Crippen LogP contribution is 2.33. The lowest BCUT2D eigenvalue weighted by molar-refractivity contribution is -0.124. The number of unbranched alkanes of at least 4 members (excludes halogenated alkanes) is 1. The van der Waals surface area contributed by atoms with Crippen LogP contribution in [-0.2, 0) is 9.53 Å². The number of likely N-dealkylation sites (tertiary alicyclic amines) is 1. The zero-order chi connectivity index (χ0) is 25.3. The smallest absolute Gasteiger partial charge is 0.407 e. The van der Waals surface area contributed by atoms with Crippen LogP contribution in [0.3, 0.4) is 0 Å². The molecule has 1 saturated carbocycles. The molecule has 2 rings (SSSR count). The van der Waals surface area contributed by atoms with Crippen LogP contribution in [0, 0.1) is 17.3 Å². The highest BCUT2D eigenvalue weighted by Gasteiger charge is 2.41. The maximum Gasteiger partial charge on any atom is 0.407 e. The van der Waals surface area contributed by atoms with E-state index in [-0.39, 0.29) is 23.4 Å². The number of carbonyl (C=O) groups is 2. The Bertz CT molecular complexity index is 677. The summed E-state index contributed by atoms with van der Waals surface area (Å²) in [5.41, 5.74) is 5.74. The van der Waals surface area contributed by atoms with Crippen LogP contribution in [0.4, 0.5) is 4.79 Å². The minimum absolute atomic E-state index is 0.0423. The summed E-state index contributed by atoms with van der Waals surface area (Å²) in [7, 11) is 0. The summed E-state index contributed by atoms with van der Waals surface area (Å²) >= 11 is 5.97. The number of ether oxygens (including phenoxy) is 1. The first-order valence-corrected chi connectivity index (χ1v) is 13.7. The highest BCUT2D eigenvalue weighted by molar-refractivity contribution is 7.80. The van der Waals surface area contributed by atoms with Crippen molar-refractivity contribution in [2.45, 2.75) is 111 Å². The number of nitrogens with zero attached hydrogens (tertiary/aromatic N) is 1. The van der Waals surface area contributed by atoms with Crippen molar-refractivity contribution in [2.24, 2.45) is 23.0 Å². The summed E-state index contributed by atoms with van der Waals surface area (Å²) in [6.07, 6.45) is 8.16. The number of rotatable bonds is 11. The number of nitrogens with one attached hydrogen (secondary N) is 2. The number of nitrogens with two attached hydrogens (primary N) is 1. The van der Waals surface area contributed by atoms with Gasteiger partial charge in [-0.3, -0.25) is 4.79 Å². The molecule has 1 aliphatic carbocycles. The molecule has 0 bridgehead atoms. The van der Waals surface area contributed by atoms with Crippen LogP contribution in [0.15, 0.2) is 0 Å². The Hall–Kier alpha value is -1.41. The Morgan fingerprint density at radius 3 is 2.47 bits per heavy atom. The summed E-state index contributed by atoms with van der Waals surface area (Å²) in [5.74, 6) is 0.989. The van der Waals surface area contributed by atoms with E-state index in [4.69, 9.17) is 22.7 Å². The third-order valence-corrected chi connectivity index (χ3v) is 7.72. The Balaban J connectivity index is 2.06. The van der Waals surface area contributed by atoms with Crippen molar-refractivity contribution in [2.75, 3.05) is 19.7 Å². The summed E-state index contributed by atoms with van der Waals surface area (Å²) in [4.78, 5) is 28.4. The van der Waals surface area contributed by atoms with Gasteiger partial charge in [0.15, 0.2) is 0 Å². The molecule has 2 amide bonds. The molecule has 7 nitrogen and oxygen atoms in total. The van der Waals surface area contributed by atoms with E-state index in [9.17, 15) is 9.59 Å². The maximum atomic E-state index is 13.2. The molecule has 0 aromatic heterocycles. The molecule has 1 aliphatic heterocycles. The highest BCUT2D eigenvalue weighted by atomic mass is 32.1. The normalized spacial score (nSPS) is 24.1. The quantitative estimate of drug-likeness (QED) is 0.290. The maximum absolute atomic E-state index is 13.2. The van der Waals surface area contributed by atoms with E-state index >= 15 is 0 Å². The number of thiocarbonyl (C=S) groups is 1. The van der Waals surface area contributed by atoms with Gasteiger partial charge in [-0.2, -0.15) is 0 Å². The van der Waals surface area contributed by atoms with Crippen LogP contribution in [0.1, 0.15) is 92.4 Å². The van der Waals surface area contributed by atoms with Crippen molar-refractivity contribution in [3.63, 3.8) is 0 Å². The van der Waals surface area contributed by atoms with E-state index in [1.165, 1.54) is 0 Å². The monoisotopic (exact) mass is 496 g/mol. The zero-order valence-electron chi connectivity index (χ0n) is 22.0. The first-order chi connectivity index (χ1) is 16.0. The van der Waals surface area contributed by atoms with Crippen molar-refractivity contribution < 1.29 is 14.3 Å². The predicted octanol–water partition coefficient (Wildman–Crippen LogP) is 4.38. The molecule has 4 N–H and O–H groups in total. The standard InChI is InChI=1S/C26H48N4O3S/c1-6-7-15-33-25(32)29-22(26(4,5)16-18(2)3)24(34)30-14-8-9-21(30)23(31)28-17-19-10-12-20(27)13-11-19/h18-22H,6-17,27H2,1-5H3,(H,28,31)(H,29,32)/t19?,20?,21-,22+/m0/s1. The average Bonchev–Trinajstić information content (AvgIpc) is 3.26. The number of carbonyl (C=O) groups excluding carboxylic acids is 2. The van der Waals surface area contributed by atoms with Gasteiger partial charge >= 0.3 is 6.09 Å². The number of alkyl carbamates (subject to hydrolysis) is 1. The Kier molecular flexibility index (Phi) is 11.5. The third kappa shape index (κ3) is 8.67. The molecule has 8 heteroatoms. The summed E-state index contributed by atoms with van der Waals surface area (Å²) in [6.45, 7) is 12.5. The van der Waals surface area contributed by atoms with Crippen LogP contribution in [-0.4, -0.2) is 59.7 Å². The van der Waals surface area contributed by atoms with Gasteiger partial charge in [0, 0.05) is 19.1 Å². The fraction of sp³-hybridized carbons (Fsp3) is 0.885. The van der Waals surface area contributed by atoms with Gasteiger partial charge in [0.25, 0.3) is 0 Å². The van der Waals surface area contributed by atoms with Gasteiger partial charge in [-0.15, -0.1) is 0 Å². The second kappa shape index (κ2) is 13.6. The van der Waals surface area contributed by atoms with Crippen molar-refractivity contribution in [1.82, 2.24) is 15.5 Å². The van der Waals surface area contributed by atoms with E-state index in [2.05, 4.69) is 45.3 Å². The molecule has 2 atom stereocenters. The second-order valence-electron chi connectivity index (χ2n) is 11.4. The van der Waals surface area contributed by atoms with Crippen molar-refractivity contribution >= 4 is 29.2 Å². The van der Waals surface area contributed by atoms with Crippen molar-refractivity contribution in [1.29, 1.82) is 0 Å². The topological polar surface area (TPSA) is 96.7 Å². The largest absolute Gasteiger partial charge is 0.450 e. The fourth-order valence-electron chi connectivity index (χ4n) is 5.45. The van der Waals surface area contributed by atoms with Gasteiger partial charge in [0.05, 0.1) is 12.6 Å². The first kappa shape index (κ1) is 28.8.